The van der Waals surface area contributed by atoms with Crippen LogP contribution < -0.4 is 15.4 Å². The quantitative estimate of drug-likeness (QED) is 0.489. The molecule has 0 saturated heterocycles. The lowest BCUT2D eigenvalue weighted by molar-refractivity contribution is -0.173. The Balaban J connectivity index is 1.69. The van der Waals surface area contributed by atoms with Crippen molar-refractivity contribution in [3.63, 3.8) is 0 Å². The average molecular weight is 469 g/mol. The predicted octanol–water partition coefficient (Wildman–Crippen LogP) is 5.60. The van der Waals surface area contributed by atoms with Crippen LogP contribution >= 0.6 is 11.6 Å². The Hall–Kier alpha value is -3.27. The molecule has 0 saturated carbocycles. The Morgan fingerprint density at radius 3 is 2.75 bits per heavy atom. The van der Waals surface area contributed by atoms with Crippen LogP contribution in [-0.2, 0) is 0 Å². The van der Waals surface area contributed by atoms with Gasteiger partial charge in [-0.05, 0) is 35.9 Å². The fourth-order valence-electron chi connectivity index (χ4n) is 3.58. The van der Waals surface area contributed by atoms with Crippen molar-refractivity contribution in [3.05, 3.63) is 70.6 Å². The largest absolute Gasteiger partial charge is 0.497 e. The molecular weight excluding hydrogens is 452 g/mol. The number of hydrogen-bond donors (Lipinski definition) is 2. The molecule has 0 unspecified atom stereocenters. The molecule has 1 aliphatic heterocycles. The molecule has 2 aromatic carbocycles. The highest BCUT2D eigenvalue weighted by molar-refractivity contribution is 6.31. The highest BCUT2D eigenvalue weighted by Crippen LogP contribution is 2.44. The van der Waals surface area contributed by atoms with Crippen molar-refractivity contribution >= 4 is 29.0 Å². The van der Waals surface area contributed by atoms with Crippen molar-refractivity contribution < 1.29 is 27.1 Å². The highest BCUT2D eigenvalue weighted by Gasteiger charge is 2.47. The zero-order chi connectivity index (χ0) is 23.0. The molecule has 2 atom stereocenters. The molecule has 1 aliphatic rings. The molecule has 2 heterocycles. The second-order valence-electron chi connectivity index (χ2n) is 7.20. The lowest BCUT2D eigenvalue weighted by Crippen LogP contribution is -2.36. The van der Waals surface area contributed by atoms with Crippen molar-refractivity contribution in [1.82, 2.24) is 9.78 Å². The summed E-state index contributed by atoms with van der Waals surface area (Å²) in [5.41, 5.74) is 0.670. The van der Waals surface area contributed by atoms with Crippen molar-refractivity contribution in [2.75, 3.05) is 17.7 Å². The number of carbonyl (C=O) groups excluding carboxylic acids is 1. The molecular formula is C21H17ClF4N4O2. The SMILES string of the molecule is COc1cccc([C@@H]2C[C@@H](C(F)(F)F)n3ncc(C(=O)Nc4ccc(F)c(Cl)c4)c3N2)c1. The lowest BCUT2D eigenvalue weighted by atomic mass is 9.96. The molecule has 168 valence electrons. The number of anilines is 2. The summed E-state index contributed by atoms with van der Waals surface area (Å²) in [5.74, 6) is -0.952. The van der Waals surface area contributed by atoms with Gasteiger partial charge in [-0.25, -0.2) is 9.07 Å². The van der Waals surface area contributed by atoms with Crippen LogP contribution in [0.3, 0.4) is 0 Å². The molecule has 0 spiro atoms. The van der Waals surface area contributed by atoms with Gasteiger partial charge in [0.05, 0.1) is 24.4 Å². The van der Waals surface area contributed by atoms with Crippen LogP contribution in [-0.4, -0.2) is 29.0 Å². The van der Waals surface area contributed by atoms with Crippen LogP contribution in [0.2, 0.25) is 5.02 Å². The lowest BCUT2D eigenvalue weighted by Gasteiger charge is -2.34. The Labute approximate surface area is 185 Å². The van der Waals surface area contributed by atoms with E-state index in [-0.39, 0.29) is 28.5 Å². The van der Waals surface area contributed by atoms with E-state index in [1.165, 1.54) is 19.2 Å². The number of hydrogen-bond acceptors (Lipinski definition) is 4. The number of rotatable bonds is 4. The number of aromatic nitrogens is 2. The van der Waals surface area contributed by atoms with Gasteiger partial charge >= 0.3 is 6.18 Å². The number of amides is 1. The summed E-state index contributed by atoms with van der Waals surface area (Å²) in [4.78, 5) is 12.8. The van der Waals surface area contributed by atoms with Crippen LogP contribution in [0.15, 0.2) is 48.7 Å². The van der Waals surface area contributed by atoms with E-state index < -0.39 is 30.0 Å². The smallest absolute Gasteiger partial charge is 0.410 e. The minimum Gasteiger partial charge on any atom is -0.497 e. The van der Waals surface area contributed by atoms with Crippen LogP contribution in [0, 0.1) is 5.82 Å². The number of benzene rings is 2. The maximum absolute atomic E-state index is 13.8. The molecule has 0 fully saturated rings. The van der Waals surface area contributed by atoms with E-state index in [1.807, 2.05) is 0 Å². The standard InChI is InChI=1S/C21H17ClF4N4O2/c1-32-13-4-2-3-11(7-13)17-9-18(21(24,25)26)30-19(29-17)14(10-27-30)20(31)28-12-5-6-16(23)15(22)8-12/h2-8,10,17-18,29H,9H2,1H3,(H,28,31)/t17-,18-/m0/s1. The molecule has 1 aromatic heterocycles. The molecule has 3 aromatic rings. The van der Waals surface area contributed by atoms with Crippen LogP contribution in [0.1, 0.15) is 34.4 Å². The van der Waals surface area contributed by atoms with E-state index in [0.29, 0.717) is 11.3 Å². The number of fused-ring (bicyclic) bond motifs is 1. The van der Waals surface area contributed by atoms with Crippen molar-refractivity contribution in [2.24, 2.45) is 0 Å². The molecule has 2 N–H and O–H groups in total. The normalized spacial score (nSPS) is 17.9. The third-order valence-corrected chi connectivity index (χ3v) is 5.45. The molecule has 32 heavy (non-hydrogen) atoms. The summed E-state index contributed by atoms with van der Waals surface area (Å²) in [6, 6.07) is 7.57. The predicted molar refractivity (Wildman–Crippen MR) is 111 cm³/mol. The number of halogens is 5. The first kappa shape index (κ1) is 21.9. The molecule has 0 aliphatic carbocycles. The van der Waals surface area contributed by atoms with E-state index in [2.05, 4.69) is 15.7 Å². The molecule has 1 amide bonds. The molecule has 0 radical (unpaired) electrons. The summed E-state index contributed by atoms with van der Waals surface area (Å²) < 4.78 is 60.8. The first-order valence-electron chi connectivity index (χ1n) is 9.48. The van der Waals surface area contributed by atoms with E-state index in [0.717, 1.165) is 16.9 Å². The first-order chi connectivity index (χ1) is 15.2. The highest BCUT2D eigenvalue weighted by atomic mass is 35.5. The molecule has 4 rings (SSSR count). The minimum atomic E-state index is -4.59. The van der Waals surface area contributed by atoms with Gasteiger partial charge in [0.15, 0.2) is 6.04 Å². The van der Waals surface area contributed by atoms with Crippen LogP contribution in [0.4, 0.5) is 29.1 Å². The van der Waals surface area contributed by atoms with Gasteiger partial charge in [0.25, 0.3) is 5.91 Å². The summed E-state index contributed by atoms with van der Waals surface area (Å²) in [6.45, 7) is 0. The number of nitrogens with one attached hydrogen (secondary N) is 2. The van der Waals surface area contributed by atoms with Crippen LogP contribution in [0.5, 0.6) is 5.75 Å². The third-order valence-electron chi connectivity index (χ3n) is 5.16. The number of nitrogens with zero attached hydrogens (tertiary/aromatic N) is 2. The second kappa shape index (κ2) is 8.34. The van der Waals surface area contributed by atoms with Gasteiger partial charge in [-0.1, -0.05) is 23.7 Å². The monoisotopic (exact) mass is 468 g/mol. The van der Waals surface area contributed by atoms with Gasteiger partial charge in [0, 0.05) is 12.1 Å². The fourth-order valence-corrected chi connectivity index (χ4v) is 3.76. The maximum Gasteiger partial charge on any atom is 0.410 e. The topological polar surface area (TPSA) is 68.2 Å². The van der Waals surface area contributed by atoms with E-state index >= 15 is 0 Å². The van der Waals surface area contributed by atoms with E-state index in [9.17, 15) is 22.4 Å². The van der Waals surface area contributed by atoms with Gasteiger partial charge in [0.2, 0.25) is 0 Å². The van der Waals surface area contributed by atoms with Gasteiger partial charge < -0.3 is 15.4 Å². The summed E-state index contributed by atoms with van der Waals surface area (Å²) in [5, 5.41) is 9.13. The zero-order valence-corrected chi connectivity index (χ0v) is 17.3. The Kier molecular flexibility index (Phi) is 5.72. The van der Waals surface area contributed by atoms with Crippen molar-refractivity contribution in [3.8, 4) is 5.75 Å². The summed E-state index contributed by atoms with van der Waals surface area (Å²) in [7, 11) is 1.46. The van der Waals surface area contributed by atoms with E-state index in [1.54, 1.807) is 24.3 Å². The van der Waals surface area contributed by atoms with Crippen LogP contribution in [0.25, 0.3) is 0 Å². The Morgan fingerprint density at radius 2 is 2.06 bits per heavy atom. The first-order valence-corrected chi connectivity index (χ1v) is 9.86. The molecule has 6 nitrogen and oxygen atoms in total. The fraction of sp³-hybridized carbons (Fsp3) is 0.238. The average Bonchev–Trinajstić information content (AvgIpc) is 3.19. The number of carbonyl (C=O) groups is 1. The van der Waals surface area contributed by atoms with Gasteiger partial charge in [0.1, 0.15) is 22.9 Å². The second-order valence-corrected chi connectivity index (χ2v) is 7.61. The summed E-state index contributed by atoms with van der Waals surface area (Å²) >= 11 is 5.73. The Bertz CT molecular complexity index is 1160. The maximum atomic E-state index is 13.8. The number of methoxy groups -OCH3 is 1. The zero-order valence-electron chi connectivity index (χ0n) is 16.6. The van der Waals surface area contributed by atoms with E-state index in [4.69, 9.17) is 16.3 Å². The third kappa shape index (κ3) is 4.22. The minimum absolute atomic E-state index is 0.0721. The van der Waals surface area contributed by atoms with Crippen molar-refractivity contribution in [2.45, 2.75) is 24.7 Å². The summed E-state index contributed by atoms with van der Waals surface area (Å²) in [6.07, 6.45) is -3.84. The van der Waals surface area contributed by atoms with Gasteiger partial charge in [-0.2, -0.15) is 18.3 Å². The molecule has 0 bridgehead atoms. The Morgan fingerprint density at radius 1 is 1.28 bits per heavy atom. The number of ether oxygens (including phenoxy) is 1. The van der Waals surface area contributed by atoms with Gasteiger partial charge in [-0.3, -0.25) is 4.79 Å². The van der Waals surface area contributed by atoms with Gasteiger partial charge in [-0.15, -0.1) is 0 Å². The van der Waals surface area contributed by atoms with Crippen molar-refractivity contribution in [1.29, 1.82) is 0 Å². The number of alkyl halides is 3. The molecule has 11 heteroatoms.